The molecule has 17 heavy (non-hydrogen) atoms. The van der Waals surface area contributed by atoms with Gasteiger partial charge in [0, 0.05) is 19.8 Å². The zero-order valence-corrected chi connectivity index (χ0v) is 9.57. The maximum atomic E-state index is 13.0. The molecule has 0 spiro atoms. The largest absolute Gasteiger partial charge is 0.452 e. The molecule has 6 heteroatoms. The van der Waals surface area contributed by atoms with Crippen LogP contribution in [0.25, 0.3) is 0 Å². The SMILES string of the molecule is CN(C)C(=O)COC(=O)c1cc(N)cc(F)c1. The van der Waals surface area contributed by atoms with Gasteiger partial charge in [0.05, 0.1) is 5.56 Å². The summed E-state index contributed by atoms with van der Waals surface area (Å²) in [5.74, 6) is -1.77. The molecular weight excluding hydrogens is 227 g/mol. The topological polar surface area (TPSA) is 72.6 Å². The molecule has 92 valence electrons. The third-order valence-corrected chi connectivity index (χ3v) is 1.98. The van der Waals surface area contributed by atoms with Crippen molar-refractivity contribution in [3.05, 3.63) is 29.6 Å². The summed E-state index contributed by atoms with van der Waals surface area (Å²) in [6.07, 6.45) is 0. The Morgan fingerprint density at radius 1 is 1.35 bits per heavy atom. The summed E-state index contributed by atoms with van der Waals surface area (Å²) in [4.78, 5) is 23.9. The van der Waals surface area contributed by atoms with Gasteiger partial charge in [-0.15, -0.1) is 0 Å². The van der Waals surface area contributed by atoms with Crippen molar-refractivity contribution in [2.75, 3.05) is 26.4 Å². The molecule has 5 nitrogen and oxygen atoms in total. The fraction of sp³-hybridized carbons (Fsp3) is 0.273. The van der Waals surface area contributed by atoms with Gasteiger partial charge in [0.15, 0.2) is 6.61 Å². The number of nitrogens with two attached hydrogens (primary N) is 1. The molecule has 0 aliphatic rings. The highest BCUT2D eigenvalue weighted by atomic mass is 19.1. The summed E-state index contributed by atoms with van der Waals surface area (Å²) in [5.41, 5.74) is 5.48. The monoisotopic (exact) mass is 240 g/mol. The molecular formula is C11H13FN2O3. The number of ether oxygens (including phenoxy) is 1. The maximum absolute atomic E-state index is 13.0. The second-order valence-corrected chi connectivity index (χ2v) is 3.64. The summed E-state index contributed by atoms with van der Waals surface area (Å²) in [6.45, 7) is -0.387. The predicted octanol–water partition coefficient (Wildman–Crippen LogP) is 0.653. The van der Waals surface area contributed by atoms with Crippen molar-refractivity contribution in [3.8, 4) is 0 Å². The zero-order chi connectivity index (χ0) is 13.0. The summed E-state index contributed by atoms with van der Waals surface area (Å²) in [7, 11) is 3.08. The van der Waals surface area contributed by atoms with Crippen molar-refractivity contribution < 1.29 is 18.7 Å². The number of carbonyl (C=O) groups excluding carboxylic acids is 2. The van der Waals surface area contributed by atoms with Crippen LogP contribution in [-0.4, -0.2) is 37.5 Å². The van der Waals surface area contributed by atoms with Gasteiger partial charge in [-0.2, -0.15) is 0 Å². The number of carbonyl (C=O) groups is 2. The third-order valence-electron chi connectivity index (χ3n) is 1.98. The Kier molecular flexibility index (Phi) is 4.03. The Labute approximate surface area is 98.0 Å². The molecule has 0 unspecified atom stereocenters. The zero-order valence-electron chi connectivity index (χ0n) is 9.57. The van der Waals surface area contributed by atoms with Gasteiger partial charge >= 0.3 is 5.97 Å². The van der Waals surface area contributed by atoms with Crippen LogP contribution in [0.2, 0.25) is 0 Å². The summed E-state index contributed by atoms with van der Waals surface area (Å²) < 4.78 is 17.7. The van der Waals surface area contributed by atoms with E-state index in [4.69, 9.17) is 10.5 Å². The van der Waals surface area contributed by atoms with Crippen LogP contribution in [0, 0.1) is 5.82 Å². The van der Waals surface area contributed by atoms with Crippen LogP contribution < -0.4 is 5.73 Å². The Bertz CT molecular complexity index is 426. The normalized spacial score (nSPS) is 9.82. The van der Waals surface area contributed by atoms with E-state index < -0.39 is 11.8 Å². The number of nitrogen functional groups attached to an aromatic ring is 1. The standard InChI is InChI=1S/C11H13FN2O3/c1-14(2)10(15)6-17-11(16)7-3-8(12)5-9(13)4-7/h3-5H,6,13H2,1-2H3. The van der Waals surface area contributed by atoms with E-state index in [2.05, 4.69) is 0 Å². The fourth-order valence-electron chi connectivity index (χ4n) is 1.07. The number of hydrogen-bond donors (Lipinski definition) is 1. The van der Waals surface area contributed by atoms with Gasteiger partial charge in [0.2, 0.25) is 0 Å². The van der Waals surface area contributed by atoms with Crippen LogP contribution in [0.4, 0.5) is 10.1 Å². The molecule has 1 amide bonds. The van der Waals surface area contributed by atoms with Crippen LogP contribution >= 0.6 is 0 Å². The fourth-order valence-corrected chi connectivity index (χ4v) is 1.07. The van der Waals surface area contributed by atoms with Crippen molar-refractivity contribution in [2.45, 2.75) is 0 Å². The van der Waals surface area contributed by atoms with Crippen molar-refractivity contribution in [1.29, 1.82) is 0 Å². The first-order chi connectivity index (χ1) is 7.90. The molecule has 0 fully saturated rings. The lowest BCUT2D eigenvalue weighted by atomic mass is 10.2. The number of halogens is 1. The van der Waals surface area contributed by atoms with E-state index in [0.717, 1.165) is 12.1 Å². The molecule has 0 aliphatic heterocycles. The van der Waals surface area contributed by atoms with Crippen molar-refractivity contribution in [3.63, 3.8) is 0 Å². The molecule has 0 bridgehead atoms. The Hall–Kier alpha value is -2.11. The number of anilines is 1. The maximum Gasteiger partial charge on any atom is 0.338 e. The average molecular weight is 240 g/mol. The molecule has 0 aliphatic carbocycles. The lowest BCUT2D eigenvalue weighted by molar-refractivity contribution is -0.131. The molecule has 1 rings (SSSR count). The Morgan fingerprint density at radius 3 is 2.53 bits per heavy atom. The van der Waals surface area contributed by atoms with E-state index in [1.54, 1.807) is 0 Å². The van der Waals surface area contributed by atoms with Crippen LogP contribution in [0.3, 0.4) is 0 Å². The van der Waals surface area contributed by atoms with Crippen molar-refractivity contribution in [1.82, 2.24) is 4.90 Å². The van der Waals surface area contributed by atoms with E-state index in [1.807, 2.05) is 0 Å². The Balaban J connectivity index is 2.67. The summed E-state index contributed by atoms with van der Waals surface area (Å²) >= 11 is 0. The van der Waals surface area contributed by atoms with Gasteiger partial charge in [-0.3, -0.25) is 4.79 Å². The smallest absolute Gasteiger partial charge is 0.338 e. The second kappa shape index (κ2) is 5.29. The molecule has 2 N–H and O–H groups in total. The minimum Gasteiger partial charge on any atom is -0.452 e. The minimum absolute atomic E-state index is 0.0194. The predicted molar refractivity (Wildman–Crippen MR) is 59.8 cm³/mol. The van der Waals surface area contributed by atoms with E-state index >= 15 is 0 Å². The molecule has 0 aromatic heterocycles. The van der Waals surface area contributed by atoms with Crippen LogP contribution in [0.15, 0.2) is 18.2 Å². The van der Waals surface area contributed by atoms with E-state index in [0.29, 0.717) is 0 Å². The number of amides is 1. The summed E-state index contributed by atoms with van der Waals surface area (Å²) in [6, 6.07) is 3.37. The number of likely N-dealkylation sites (N-methyl/N-ethyl adjacent to an activating group) is 1. The van der Waals surface area contributed by atoms with Gasteiger partial charge in [0.1, 0.15) is 5.82 Å². The van der Waals surface area contributed by atoms with Gasteiger partial charge in [-0.25, -0.2) is 9.18 Å². The highest BCUT2D eigenvalue weighted by Gasteiger charge is 2.12. The lowest BCUT2D eigenvalue weighted by Gasteiger charge is -2.10. The van der Waals surface area contributed by atoms with E-state index in [1.165, 1.54) is 25.1 Å². The molecule has 0 atom stereocenters. The quantitative estimate of drug-likeness (QED) is 0.622. The molecule has 0 saturated carbocycles. The van der Waals surface area contributed by atoms with Crippen LogP contribution in [-0.2, 0) is 9.53 Å². The molecule has 0 saturated heterocycles. The number of esters is 1. The van der Waals surface area contributed by atoms with Gasteiger partial charge in [-0.05, 0) is 18.2 Å². The number of rotatable bonds is 3. The number of benzene rings is 1. The van der Waals surface area contributed by atoms with E-state index in [9.17, 15) is 14.0 Å². The molecule has 0 radical (unpaired) electrons. The summed E-state index contributed by atoms with van der Waals surface area (Å²) in [5, 5.41) is 0. The first-order valence-electron chi connectivity index (χ1n) is 4.83. The number of hydrogen-bond acceptors (Lipinski definition) is 4. The lowest BCUT2D eigenvalue weighted by Crippen LogP contribution is -2.27. The number of nitrogens with zero attached hydrogens (tertiary/aromatic N) is 1. The van der Waals surface area contributed by atoms with Gasteiger partial charge < -0.3 is 15.4 Å². The molecule has 1 aromatic rings. The van der Waals surface area contributed by atoms with E-state index in [-0.39, 0.29) is 23.8 Å². The highest BCUT2D eigenvalue weighted by Crippen LogP contribution is 2.11. The molecule has 0 heterocycles. The second-order valence-electron chi connectivity index (χ2n) is 3.64. The highest BCUT2D eigenvalue weighted by molar-refractivity contribution is 5.92. The first-order valence-corrected chi connectivity index (χ1v) is 4.83. The van der Waals surface area contributed by atoms with Crippen LogP contribution in [0.5, 0.6) is 0 Å². The molecule has 1 aromatic carbocycles. The van der Waals surface area contributed by atoms with Crippen molar-refractivity contribution in [2.24, 2.45) is 0 Å². The third kappa shape index (κ3) is 3.75. The Morgan fingerprint density at radius 2 is 2.00 bits per heavy atom. The van der Waals surface area contributed by atoms with Crippen LogP contribution in [0.1, 0.15) is 10.4 Å². The minimum atomic E-state index is -0.786. The van der Waals surface area contributed by atoms with Crippen molar-refractivity contribution >= 4 is 17.6 Å². The average Bonchev–Trinajstić information content (AvgIpc) is 2.23. The first kappa shape index (κ1) is 13.0. The van der Waals surface area contributed by atoms with Gasteiger partial charge in [-0.1, -0.05) is 0 Å². The van der Waals surface area contributed by atoms with Gasteiger partial charge in [0.25, 0.3) is 5.91 Å².